The molecule has 0 bridgehead atoms. The molecular weight excluding hydrogens is 216 g/mol. The van der Waals surface area contributed by atoms with E-state index in [2.05, 4.69) is 12.2 Å². The van der Waals surface area contributed by atoms with E-state index >= 15 is 0 Å². The molecule has 0 aromatic rings. The number of amides is 1. The molecule has 2 aliphatic rings. The van der Waals surface area contributed by atoms with Crippen LogP contribution in [0, 0.1) is 5.41 Å². The normalized spacial score (nSPS) is 34.7. The Hall–Kier alpha value is -0.610. The number of hydrogen-bond acceptors (Lipinski definition) is 3. The molecule has 0 aromatic carbocycles. The van der Waals surface area contributed by atoms with Crippen molar-refractivity contribution < 1.29 is 9.90 Å². The summed E-state index contributed by atoms with van der Waals surface area (Å²) < 4.78 is 0. The number of nitrogens with zero attached hydrogens (tertiary/aromatic N) is 1. The topological polar surface area (TPSA) is 52.6 Å². The lowest BCUT2D eigenvalue weighted by Gasteiger charge is -2.42. The van der Waals surface area contributed by atoms with Gasteiger partial charge in [0.15, 0.2) is 0 Å². The highest BCUT2D eigenvalue weighted by Crippen LogP contribution is 2.30. The highest BCUT2D eigenvalue weighted by molar-refractivity contribution is 5.83. The Morgan fingerprint density at radius 3 is 2.94 bits per heavy atom. The number of carbonyl (C=O) groups is 1. The maximum absolute atomic E-state index is 12.6. The van der Waals surface area contributed by atoms with E-state index in [1.165, 1.54) is 0 Å². The van der Waals surface area contributed by atoms with Gasteiger partial charge in [-0.25, -0.2) is 0 Å². The van der Waals surface area contributed by atoms with E-state index in [0.717, 1.165) is 51.7 Å². The zero-order valence-electron chi connectivity index (χ0n) is 10.7. The van der Waals surface area contributed by atoms with Gasteiger partial charge in [-0.15, -0.1) is 0 Å². The van der Waals surface area contributed by atoms with Gasteiger partial charge >= 0.3 is 0 Å². The van der Waals surface area contributed by atoms with E-state index < -0.39 is 0 Å². The first-order valence-corrected chi connectivity index (χ1v) is 6.80. The van der Waals surface area contributed by atoms with E-state index in [0.29, 0.717) is 0 Å². The lowest BCUT2D eigenvalue weighted by molar-refractivity contribution is -0.147. The van der Waals surface area contributed by atoms with Crippen molar-refractivity contribution in [3.8, 4) is 0 Å². The zero-order valence-corrected chi connectivity index (χ0v) is 10.7. The van der Waals surface area contributed by atoms with Crippen LogP contribution in [0.4, 0.5) is 0 Å². The largest absolute Gasteiger partial charge is 0.394 e. The Bertz CT molecular complexity index is 275. The van der Waals surface area contributed by atoms with E-state index in [-0.39, 0.29) is 24.0 Å². The van der Waals surface area contributed by atoms with Gasteiger partial charge in [-0.1, -0.05) is 0 Å². The Balaban J connectivity index is 2.06. The van der Waals surface area contributed by atoms with Crippen LogP contribution in [0.1, 0.15) is 39.0 Å². The summed E-state index contributed by atoms with van der Waals surface area (Å²) in [7, 11) is 0. The van der Waals surface area contributed by atoms with Crippen LogP contribution in [0.25, 0.3) is 0 Å². The van der Waals surface area contributed by atoms with Gasteiger partial charge in [-0.05, 0) is 45.6 Å². The minimum atomic E-state index is -0.261. The van der Waals surface area contributed by atoms with E-state index in [4.69, 9.17) is 0 Å². The van der Waals surface area contributed by atoms with Crippen LogP contribution >= 0.6 is 0 Å². The van der Waals surface area contributed by atoms with Crippen molar-refractivity contribution in [2.24, 2.45) is 5.41 Å². The first-order chi connectivity index (χ1) is 8.17. The third kappa shape index (κ3) is 2.63. The molecule has 1 amide bonds. The fourth-order valence-electron chi connectivity index (χ4n) is 3.04. The van der Waals surface area contributed by atoms with Gasteiger partial charge in [0.1, 0.15) is 0 Å². The predicted molar refractivity (Wildman–Crippen MR) is 66.6 cm³/mol. The highest BCUT2D eigenvalue weighted by atomic mass is 16.3. The number of hydrogen-bond donors (Lipinski definition) is 2. The van der Waals surface area contributed by atoms with Crippen molar-refractivity contribution in [1.29, 1.82) is 0 Å². The summed E-state index contributed by atoms with van der Waals surface area (Å²) in [5.74, 6) is 0.239. The fraction of sp³-hybridized carbons (Fsp3) is 0.923. The Labute approximate surface area is 103 Å². The third-order valence-corrected chi connectivity index (χ3v) is 4.21. The predicted octanol–water partition coefficient (Wildman–Crippen LogP) is 0.750. The molecular formula is C13H24N2O2. The molecule has 4 heteroatoms. The summed E-state index contributed by atoms with van der Waals surface area (Å²) in [6.07, 6.45) is 5.19. The quantitative estimate of drug-likeness (QED) is 0.749. The maximum atomic E-state index is 12.6. The number of piperidine rings is 2. The standard InChI is InChI=1S/C13H24N2O2/c1-13(6-4-7-14-10-13)12(17)15-8-3-2-5-11(15)9-16/h11,14,16H,2-10H2,1H3. The molecule has 0 aromatic heterocycles. The minimum absolute atomic E-state index is 0.0509. The van der Waals surface area contributed by atoms with Gasteiger partial charge in [-0.3, -0.25) is 4.79 Å². The SMILES string of the molecule is CC1(C(=O)N2CCCCC2CO)CCCNC1. The van der Waals surface area contributed by atoms with Crippen LogP contribution in [0.2, 0.25) is 0 Å². The second-order valence-corrected chi connectivity index (χ2v) is 5.67. The monoisotopic (exact) mass is 240 g/mol. The average molecular weight is 240 g/mol. The molecule has 0 spiro atoms. The van der Waals surface area contributed by atoms with Crippen molar-refractivity contribution in [3.63, 3.8) is 0 Å². The molecule has 2 atom stereocenters. The minimum Gasteiger partial charge on any atom is -0.394 e. The van der Waals surface area contributed by atoms with Crippen molar-refractivity contribution in [2.45, 2.75) is 45.1 Å². The molecule has 98 valence electrons. The summed E-state index contributed by atoms with van der Waals surface area (Å²) in [6, 6.07) is 0.0509. The average Bonchev–Trinajstić information content (AvgIpc) is 2.38. The highest BCUT2D eigenvalue weighted by Gasteiger charge is 2.40. The maximum Gasteiger partial charge on any atom is 0.230 e. The van der Waals surface area contributed by atoms with Crippen molar-refractivity contribution in [1.82, 2.24) is 10.2 Å². The van der Waals surface area contributed by atoms with Crippen molar-refractivity contribution in [2.75, 3.05) is 26.2 Å². The number of nitrogens with one attached hydrogen (secondary N) is 1. The lowest BCUT2D eigenvalue weighted by atomic mass is 9.80. The molecule has 0 radical (unpaired) electrons. The molecule has 2 rings (SSSR count). The van der Waals surface area contributed by atoms with Crippen LogP contribution < -0.4 is 5.32 Å². The van der Waals surface area contributed by atoms with Gasteiger partial charge in [0.2, 0.25) is 5.91 Å². The number of likely N-dealkylation sites (tertiary alicyclic amines) is 1. The molecule has 0 saturated carbocycles. The molecule has 2 heterocycles. The number of aliphatic hydroxyl groups excluding tert-OH is 1. The van der Waals surface area contributed by atoms with Gasteiger partial charge < -0.3 is 15.3 Å². The molecule has 2 unspecified atom stereocenters. The summed E-state index contributed by atoms with van der Waals surface area (Å²) in [5.41, 5.74) is -0.261. The van der Waals surface area contributed by atoms with Gasteiger partial charge in [0, 0.05) is 13.1 Å². The van der Waals surface area contributed by atoms with Crippen LogP contribution in [0.5, 0.6) is 0 Å². The molecule has 2 aliphatic heterocycles. The molecule has 2 N–H and O–H groups in total. The smallest absolute Gasteiger partial charge is 0.230 e. The molecule has 2 fully saturated rings. The van der Waals surface area contributed by atoms with Gasteiger partial charge in [-0.2, -0.15) is 0 Å². The van der Waals surface area contributed by atoms with Crippen LogP contribution in [-0.2, 0) is 4.79 Å². The van der Waals surface area contributed by atoms with E-state index in [1.807, 2.05) is 4.90 Å². The summed E-state index contributed by atoms with van der Waals surface area (Å²) in [5, 5.41) is 12.7. The first-order valence-electron chi connectivity index (χ1n) is 6.80. The van der Waals surface area contributed by atoms with Crippen LogP contribution in [0.3, 0.4) is 0 Å². The Morgan fingerprint density at radius 2 is 2.29 bits per heavy atom. The second-order valence-electron chi connectivity index (χ2n) is 5.67. The number of rotatable bonds is 2. The summed E-state index contributed by atoms with van der Waals surface area (Å²) in [6.45, 7) is 4.78. The Kier molecular flexibility index (Phi) is 4.05. The third-order valence-electron chi connectivity index (χ3n) is 4.21. The Morgan fingerprint density at radius 1 is 1.47 bits per heavy atom. The first kappa shape index (κ1) is 12.8. The lowest BCUT2D eigenvalue weighted by Crippen LogP contribution is -2.55. The number of carbonyl (C=O) groups excluding carboxylic acids is 1. The van der Waals surface area contributed by atoms with Crippen molar-refractivity contribution in [3.05, 3.63) is 0 Å². The molecule has 17 heavy (non-hydrogen) atoms. The van der Waals surface area contributed by atoms with Crippen molar-refractivity contribution >= 4 is 5.91 Å². The summed E-state index contributed by atoms with van der Waals surface area (Å²) in [4.78, 5) is 14.5. The van der Waals surface area contributed by atoms with Gasteiger partial charge in [0.05, 0.1) is 18.1 Å². The molecule has 0 aliphatic carbocycles. The molecule has 2 saturated heterocycles. The molecule has 4 nitrogen and oxygen atoms in total. The van der Waals surface area contributed by atoms with Crippen LogP contribution in [-0.4, -0.2) is 48.2 Å². The fourth-order valence-corrected chi connectivity index (χ4v) is 3.04. The number of aliphatic hydroxyl groups is 1. The van der Waals surface area contributed by atoms with Crippen LogP contribution in [0.15, 0.2) is 0 Å². The van der Waals surface area contributed by atoms with E-state index in [9.17, 15) is 9.90 Å². The summed E-state index contributed by atoms with van der Waals surface area (Å²) >= 11 is 0. The second kappa shape index (κ2) is 5.36. The van der Waals surface area contributed by atoms with E-state index in [1.54, 1.807) is 0 Å². The van der Waals surface area contributed by atoms with Gasteiger partial charge in [0.25, 0.3) is 0 Å². The zero-order chi connectivity index (χ0) is 12.3.